The first-order valence-corrected chi connectivity index (χ1v) is 6.86. The summed E-state index contributed by atoms with van der Waals surface area (Å²) in [5, 5.41) is 13.7. The lowest BCUT2D eigenvalue weighted by atomic mass is 9.85. The minimum Gasteiger partial charge on any atom is -0.352 e. The molecule has 0 spiro atoms. The summed E-state index contributed by atoms with van der Waals surface area (Å²) in [5.41, 5.74) is -0.0422. The van der Waals surface area contributed by atoms with Crippen molar-refractivity contribution in [1.82, 2.24) is 5.32 Å². The van der Waals surface area contributed by atoms with Gasteiger partial charge in [0.15, 0.2) is 0 Å². The molecule has 1 rings (SSSR count). The summed E-state index contributed by atoms with van der Waals surface area (Å²) in [7, 11) is 0. The van der Waals surface area contributed by atoms with E-state index in [2.05, 4.69) is 33.0 Å². The zero-order chi connectivity index (χ0) is 15.3. The third-order valence-corrected chi connectivity index (χ3v) is 3.56. The summed E-state index contributed by atoms with van der Waals surface area (Å²) in [6.07, 6.45) is 0. The highest BCUT2D eigenvalue weighted by Gasteiger charge is 2.22. The fourth-order valence-corrected chi connectivity index (χ4v) is 2.37. The van der Waals surface area contributed by atoms with Crippen LogP contribution in [0.15, 0.2) is 24.3 Å². The minimum absolute atomic E-state index is 0.115. The second-order valence-corrected chi connectivity index (χ2v) is 5.64. The molecule has 1 amide bonds. The molecular weight excluding hydrogens is 256 g/mol. The van der Waals surface area contributed by atoms with Crippen LogP contribution in [0.25, 0.3) is 0 Å². The number of benzene rings is 1. The van der Waals surface area contributed by atoms with Crippen molar-refractivity contribution < 1.29 is 9.72 Å². The number of para-hydroxylation sites is 1. The Morgan fingerprint density at radius 2 is 1.75 bits per heavy atom. The van der Waals surface area contributed by atoms with Gasteiger partial charge in [0.2, 0.25) is 0 Å². The molecule has 0 aliphatic carbocycles. The molecule has 1 N–H and O–H groups in total. The molecule has 5 heteroatoms. The largest absolute Gasteiger partial charge is 0.352 e. The first-order chi connectivity index (χ1) is 9.34. The van der Waals surface area contributed by atoms with E-state index in [0.717, 1.165) is 0 Å². The van der Waals surface area contributed by atoms with E-state index in [1.807, 2.05) is 0 Å². The SMILES string of the molecule is CC(C)C(CNC(=O)c1ccccc1[N+](=O)[O-])C(C)C. The number of nitrogens with zero attached hydrogens (tertiary/aromatic N) is 1. The van der Waals surface area contributed by atoms with Crippen molar-refractivity contribution in [2.45, 2.75) is 27.7 Å². The van der Waals surface area contributed by atoms with E-state index >= 15 is 0 Å². The zero-order valence-electron chi connectivity index (χ0n) is 12.4. The Kier molecular flexibility index (Phi) is 5.67. The van der Waals surface area contributed by atoms with E-state index < -0.39 is 4.92 Å². The summed E-state index contributed by atoms with van der Waals surface area (Å²) >= 11 is 0. The smallest absolute Gasteiger partial charge is 0.282 e. The van der Waals surface area contributed by atoms with Gasteiger partial charge in [-0.25, -0.2) is 0 Å². The van der Waals surface area contributed by atoms with Crippen LogP contribution in [-0.2, 0) is 0 Å². The van der Waals surface area contributed by atoms with Crippen LogP contribution in [0.4, 0.5) is 5.69 Å². The third kappa shape index (κ3) is 4.05. The van der Waals surface area contributed by atoms with Crippen LogP contribution in [0.3, 0.4) is 0 Å². The molecule has 1 aromatic carbocycles. The van der Waals surface area contributed by atoms with Gasteiger partial charge in [-0.05, 0) is 23.8 Å². The summed E-state index contributed by atoms with van der Waals surface area (Å²) in [4.78, 5) is 22.5. The van der Waals surface area contributed by atoms with E-state index in [1.165, 1.54) is 12.1 Å². The van der Waals surface area contributed by atoms with Crippen molar-refractivity contribution in [1.29, 1.82) is 0 Å². The second kappa shape index (κ2) is 7.03. The van der Waals surface area contributed by atoms with E-state index in [1.54, 1.807) is 12.1 Å². The number of carbonyl (C=O) groups excluding carboxylic acids is 1. The fraction of sp³-hybridized carbons (Fsp3) is 0.533. The van der Waals surface area contributed by atoms with Crippen LogP contribution in [0.5, 0.6) is 0 Å². The van der Waals surface area contributed by atoms with E-state index in [9.17, 15) is 14.9 Å². The van der Waals surface area contributed by atoms with Gasteiger partial charge in [0.05, 0.1) is 4.92 Å². The van der Waals surface area contributed by atoms with Crippen LogP contribution >= 0.6 is 0 Å². The number of hydrogen-bond donors (Lipinski definition) is 1. The number of amides is 1. The molecule has 0 atom stereocenters. The fourth-order valence-electron chi connectivity index (χ4n) is 2.37. The van der Waals surface area contributed by atoms with Gasteiger partial charge in [-0.3, -0.25) is 14.9 Å². The van der Waals surface area contributed by atoms with Gasteiger partial charge in [0.25, 0.3) is 11.6 Å². The zero-order valence-corrected chi connectivity index (χ0v) is 12.4. The Balaban J connectivity index is 2.80. The number of rotatable bonds is 6. The molecule has 0 saturated heterocycles. The van der Waals surface area contributed by atoms with Crippen molar-refractivity contribution in [2.24, 2.45) is 17.8 Å². The van der Waals surface area contributed by atoms with Gasteiger partial charge in [0, 0.05) is 12.6 Å². The molecule has 0 fully saturated rings. The van der Waals surface area contributed by atoms with Gasteiger partial charge in [-0.15, -0.1) is 0 Å². The standard InChI is InChI=1S/C15H22N2O3/c1-10(2)13(11(3)4)9-16-15(18)12-7-5-6-8-14(12)17(19)20/h5-8,10-11,13H,9H2,1-4H3,(H,16,18). The van der Waals surface area contributed by atoms with Crippen molar-refractivity contribution in [3.63, 3.8) is 0 Å². The van der Waals surface area contributed by atoms with Crippen LogP contribution in [0, 0.1) is 27.9 Å². The summed E-state index contributed by atoms with van der Waals surface area (Å²) < 4.78 is 0. The quantitative estimate of drug-likeness (QED) is 0.641. The molecule has 0 radical (unpaired) electrons. The molecule has 5 nitrogen and oxygen atoms in total. The minimum atomic E-state index is -0.530. The average molecular weight is 278 g/mol. The third-order valence-electron chi connectivity index (χ3n) is 3.56. The molecule has 0 bridgehead atoms. The number of hydrogen-bond acceptors (Lipinski definition) is 3. The predicted molar refractivity (Wildman–Crippen MR) is 78.6 cm³/mol. The number of nitro groups is 1. The highest BCUT2D eigenvalue weighted by atomic mass is 16.6. The van der Waals surface area contributed by atoms with Crippen molar-refractivity contribution in [3.05, 3.63) is 39.9 Å². The number of nitrogens with one attached hydrogen (secondary N) is 1. The lowest BCUT2D eigenvalue weighted by Gasteiger charge is -2.25. The monoisotopic (exact) mass is 278 g/mol. The average Bonchev–Trinajstić information content (AvgIpc) is 2.37. The Bertz CT molecular complexity index is 476. The Labute approximate surface area is 119 Å². The van der Waals surface area contributed by atoms with E-state index in [-0.39, 0.29) is 17.2 Å². The molecular formula is C15H22N2O3. The van der Waals surface area contributed by atoms with Crippen LogP contribution < -0.4 is 5.32 Å². The van der Waals surface area contributed by atoms with Crippen LogP contribution in [-0.4, -0.2) is 17.4 Å². The van der Waals surface area contributed by atoms with E-state index in [4.69, 9.17) is 0 Å². The first kappa shape index (κ1) is 16.1. The van der Waals surface area contributed by atoms with Crippen molar-refractivity contribution >= 4 is 11.6 Å². The molecule has 20 heavy (non-hydrogen) atoms. The lowest BCUT2D eigenvalue weighted by Crippen LogP contribution is -2.34. The Morgan fingerprint density at radius 3 is 2.25 bits per heavy atom. The van der Waals surface area contributed by atoms with Crippen molar-refractivity contribution in [2.75, 3.05) is 6.54 Å². The molecule has 0 aliphatic heterocycles. The number of carbonyl (C=O) groups is 1. The van der Waals surface area contributed by atoms with Crippen LogP contribution in [0.2, 0.25) is 0 Å². The van der Waals surface area contributed by atoms with Gasteiger partial charge in [0.1, 0.15) is 5.56 Å². The molecule has 0 aliphatic rings. The molecule has 0 heterocycles. The summed E-state index contributed by atoms with van der Waals surface area (Å²) in [6, 6.07) is 6.01. The summed E-state index contributed by atoms with van der Waals surface area (Å²) in [6.45, 7) is 8.98. The predicted octanol–water partition coefficient (Wildman–Crippen LogP) is 3.25. The van der Waals surface area contributed by atoms with Gasteiger partial charge >= 0.3 is 0 Å². The maximum absolute atomic E-state index is 12.1. The van der Waals surface area contributed by atoms with Gasteiger partial charge in [-0.1, -0.05) is 39.8 Å². The normalized spacial score (nSPS) is 11.2. The molecule has 0 unspecified atom stereocenters. The Hall–Kier alpha value is -1.91. The molecule has 1 aromatic rings. The molecule has 110 valence electrons. The molecule has 0 aromatic heterocycles. The first-order valence-electron chi connectivity index (χ1n) is 6.86. The number of nitro benzene ring substituents is 1. The molecule has 0 saturated carbocycles. The Morgan fingerprint density at radius 1 is 1.20 bits per heavy atom. The maximum atomic E-state index is 12.1. The maximum Gasteiger partial charge on any atom is 0.282 e. The van der Waals surface area contributed by atoms with E-state index in [0.29, 0.717) is 24.3 Å². The highest BCUT2D eigenvalue weighted by molar-refractivity contribution is 5.98. The lowest BCUT2D eigenvalue weighted by molar-refractivity contribution is -0.385. The second-order valence-electron chi connectivity index (χ2n) is 5.64. The van der Waals surface area contributed by atoms with Crippen molar-refractivity contribution in [3.8, 4) is 0 Å². The van der Waals surface area contributed by atoms with Gasteiger partial charge < -0.3 is 5.32 Å². The van der Waals surface area contributed by atoms with Crippen LogP contribution in [0.1, 0.15) is 38.1 Å². The van der Waals surface area contributed by atoms with Gasteiger partial charge in [-0.2, -0.15) is 0 Å². The topological polar surface area (TPSA) is 72.2 Å². The summed E-state index contributed by atoms with van der Waals surface area (Å²) in [5.74, 6) is 0.854. The highest BCUT2D eigenvalue weighted by Crippen LogP contribution is 2.21.